The molecule has 0 bridgehead atoms. The van der Waals surface area contributed by atoms with Gasteiger partial charge in [0.15, 0.2) is 17.3 Å². The third-order valence-corrected chi connectivity index (χ3v) is 3.43. The van der Waals surface area contributed by atoms with Gasteiger partial charge in [-0.1, -0.05) is 12.1 Å². The minimum atomic E-state index is -0.397. The van der Waals surface area contributed by atoms with Gasteiger partial charge in [-0.15, -0.1) is 0 Å². The first kappa shape index (κ1) is 13.9. The molecular weight excluding hydrogens is 308 g/mol. The first-order chi connectivity index (χ1) is 11.8. The van der Waals surface area contributed by atoms with Crippen LogP contribution >= 0.6 is 0 Å². The van der Waals surface area contributed by atoms with Gasteiger partial charge in [-0.05, 0) is 24.3 Å². The number of amides is 1. The normalized spacial score (nSPS) is 10.7. The minimum absolute atomic E-state index is 0.229. The highest BCUT2D eigenvalue weighted by molar-refractivity contribution is 5.95. The Morgan fingerprint density at radius 2 is 2.04 bits per heavy atom. The zero-order valence-electron chi connectivity index (χ0n) is 12.4. The van der Waals surface area contributed by atoms with Crippen molar-refractivity contribution in [1.82, 2.24) is 25.6 Å². The Hall–Kier alpha value is -3.68. The number of fused-ring (bicyclic) bond motifs is 1. The summed E-state index contributed by atoms with van der Waals surface area (Å²) in [4.78, 5) is 20.5. The van der Waals surface area contributed by atoms with Crippen LogP contribution in [0.3, 0.4) is 0 Å². The number of aromatic nitrogens is 4. The van der Waals surface area contributed by atoms with Gasteiger partial charge in [-0.25, -0.2) is 9.97 Å². The summed E-state index contributed by atoms with van der Waals surface area (Å²) < 4.78 is 5.25. The molecule has 0 atom stereocenters. The number of hydrogen-bond acceptors (Lipinski definition) is 6. The van der Waals surface area contributed by atoms with Crippen LogP contribution in [-0.4, -0.2) is 26.1 Å². The topological polar surface area (TPSA) is 109 Å². The standard InChI is InChI=1S/C16H12N6O2/c23-16(13-8-12(19-20-13)14-6-3-7-24-14)22-21-15-10-4-1-2-5-11(10)17-9-18-15/h1-9H,(H,19,20)(H,22,23)(H,17,18,21). The van der Waals surface area contributed by atoms with Crippen LogP contribution in [0.15, 0.2) is 59.5 Å². The van der Waals surface area contributed by atoms with Gasteiger partial charge in [-0.3, -0.25) is 20.7 Å². The molecule has 24 heavy (non-hydrogen) atoms. The molecule has 3 N–H and O–H groups in total. The van der Waals surface area contributed by atoms with Crippen molar-refractivity contribution >= 4 is 22.6 Å². The van der Waals surface area contributed by atoms with Gasteiger partial charge < -0.3 is 4.42 Å². The van der Waals surface area contributed by atoms with Crippen LogP contribution in [0.4, 0.5) is 5.82 Å². The quantitative estimate of drug-likeness (QED) is 0.498. The Labute approximate surface area is 135 Å². The van der Waals surface area contributed by atoms with Crippen LogP contribution in [0.5, 0.6) is 0 Å². The van der Waals surface area contributed by atoms with E-state index in [1.807, 2.05) is 24.3 Å². The van der Waals surface area contributed by atoms with Gasteiger partial charge in [0.25, 0.3) is 5.91 Å². The van der Waals surface area contributed by atoms with E-state index in [1.165, 1.54) is 6.33 Å². The van der Waals surface area contributed by atoms with Crippen molar-refractivity contribution in [3.05, 3.63) is 60.7 Å². The summed E-state index contributed by atoms with van der Waals surface area (Å²) in [7, 11) is 0. The van der Waals surface area contributed by atoms with E-state index in [0.717, 1.165) is 10.9 Å². The molecule has 0 saturated heterocycles. The predicted octanol–water partition coefficient (Wildman–Crippen LogP) is 2.37. The molecule has 1 amide bonds. The number of hydrogen-bond donors (Lipinski definition) is 3. The lowest BCUT2D eigenvalue weighted by Gasteiger charge is -2.08. The number of benzene rings is 1. The summed E-state index contributed by atoms with van der Waals surface area (Å²) in [6.45, 7) is 0. The average Bonchev–Trinajstić information content (AvgIpc) is 3.30. The lowest BCUT2D eigenvalue weighted by atomic mass is 10.2. The third kappa shape index (κ3) is 2.56. The highest BCUT2D eigenvalue weighted by atomic mass is 16.3. The number of rotatable bonds is 4. The summed E-state index contributed by atoms with van der Waals surface area (Å²) in [5, 5.41) is 7.54. The van der Waals surface area contributed by atoms with Gasteiger partial charge >= 0.3 is 0 Å². The molecule has 0 radical (unpaired) electrons. The maximum atomic E-state index is 12.2. The fraction of sp³-hybridized carbons (Fsp3) is 0. The number of carbonyl (C=O) groups is 1. The number of nitrogens with one attached hydrogen (secondary N) is 3. The molecule has 0 aliphatic heterocycles. The van der Waals surface area contributed by atoms with Crippen LogP contribution in [0.1, 0.15) is 10.5 Å². The van der Waals surface area contributed by atoms with E-state index in [0.29, 0.717) is 17.3 Å². The maximum absolute atomic E-state index is 12.2. The first-order valence-corrected chi connectivity index (χ1v) is 7.16. The monoisotopic (exact) mass is 320 g/mol. The molecule has 4 rings (SSSR count). The third-order valence-electron chi connectivity index (χ3n) is 3.43. The van der Waals surface area contributed by atoms with Gasteiger partial charge in [-0.2, -0.15) is 5.10 Å². The van der Waals surface area contributed by atoms with Gasteiger partial charge in [0, 0.05) is 11.5 Å². The number of H-pyrrole nitrogens is 1. The first-order valence-electron chi connectivity index (χ1n) is 7.16. The Morgan fingerprint density at radius 1 is 1.12 bits per heavy atom. The van der Waals surface area contributed by atoms with Crippen LogP contribution in [-0.2, 0) is 0 Å². The second-order valence-corrected chi connectivity index (χ2v) is 4.96. The smallest absolute Gasteiger partial charge is 0.290 e. The van der Waals surface area contributed by atoms with E-state index in [1.54, 1.807) is 24.5 Å². The number of nitrogens with zero attached hydrogens (tertiary/aromatic N) is 3. The molecule has 118 valence electrons. The van der Waals surface area contributed by atoms with Crippen molar-refractivity contribution in [2.45, 2.75) is 0 Å². The fourth-order valence-corrected chi connectivity index (χ4v) is 2.28. The van der Waals surface area contributed by atoms with Crippen LogP contribution < -0.4 is 10.9 Å². The summed E-state index contributed by atoms with van der Waals surface area (Å²) >= 11 is 0. The van der Waals surface area contributed by atoms with Crippen LogP contribution in [0, 0.1) is 0 Å². The number of anilines is 1. The molecule has 0 aliphatic rings. The van der Waals surface area contributed by atoms with E-state index >= 15 is 0 Å². The van der Waals surface area contributed by atoms with Crippen LogP contribution in [0.25, 0.3) is 22.4 Å². The molecule has 0 spiro atoms. The molecule has 0 unspecified atom stereocenters. The Balaban J connectivity index is 1.50. The highest BCUT2D eigenvalue weighted by Crippen LogP contribution is 2.19. The second-order valence-electron chi connectivity index (χ2n) is 4.96. The number of para-hydroxylation sites is 1. The van der Waals surface area contributed by atoms with Crippen LogP contribution in [0.2, 0.25) is 0 Å². The maximum Gasteiger partial charge on any atom is 0.290 e. The molecule has 8 heteroatoms. The molecule has 3 aromatic heterocycles. The van der Waals surface area contributed by atoms with Crippen molar-refractivity contribution < 1.29 is 9.21 Å². The lowest BCUT2D eigenvalue weighted by molar-refractivity contribution is 0.0957. The SMILES string of the molecule is O=C(NNc1ncnc2ccccc12)c1cc(-c2ccco2)[nH]n1. The Bertz CT molecular complexity index is 987. The van der Waals surface area contributed by atoms with Gasteiger partial charge in [0.05, 0.1) is 11.8 Å². The Kier molecular flexibility index (Phi) is 3.39. The molecule has 0 fully saturated rings. The number of hydrazine groups is 1. The summed E-state index contributed by atoms with van der Waals surface area (Å²) in [6.07, 6.45) is 2.98. The summed E-state index contributed by atoms with van der Waals surface area (Å²) in [5.41, 5.74) is 7.01. The largest absolute Gasteiger partial charge is 0.463 e. The molecule has 8 nitrogen and oxygen atoms in total. The van der Waals surface area contributed by atoms with Crippen molar-refractivity contribution in [2.24, 2.45) is 0 Å². The van der Waals surface area contributed by atoms with E-state index < -0.39 is 5.91 Å². The minimum Gasteiger partial charge on any atom is -0.463 e. The van der Waals surface area contributed by atoms with Crippen molar-refractivity contribution in [1.29, 1.82) is 0 Å². The number of carbonyl (C=O) groups excluding carboxylic acids is 1. The number of furan rings is 1. The lowest BCUT2D eigenvalue weighted by Crippen LogP contribution is -2.30. The average molecular weight is 320 g/mol. The fourth-order valence-electron chi connectivity index (χ4n) is 2.28. The molecule has 1 aromatic carbocycles. The summed E-state index contributed by atoms with van der Waals surface area (Å²) in [6, 6.07) is 12.6. The molecule has 0 saturated carbocycles. The van der Waals surface area contributed by atoms with Crippen molar-refractivity contribution in [3.8, 4) is 11.5 Å². The van der Waals surface area contributed by atoms with E-state index in [-0.39, 0.29) is 5.69 Å². The zero-order valence-corrected chi connectivity index (χ0v) is 12.4. The second kappa shape index (κ2) is 5.84. The van der Waals surface area contributed by atoms with E-state index in [9.17, 15) is 4.79 Å². The number of aromatic amines is 1. The van der Waals surface area contributed by atoms with Crippen molar-refractivity contribution in [3.63, 3.8) is 0 Å². The van der Waals surface area contributed by atoms with E-state index in [2.05, 4.69) is 31.0 Å². The molecular formula is C16H12N6O2. The highest BCUT2D eigenvalue weighted by Gasteiger charge is 2.13. The molecule has 0 aliphatic carbocycles. The van der Waals surface area contributed by atoms with Gasteiger partial charge in [0.2, 0.25) is 0 Å². The molecule has 3 heterocycles. The van der Waals surface area contributed by atoms with Crippen molar-refractivity contribution in [2.75, 3.05) is 5.43 Å². The Morgan fingerprint density at radius 3 is 2.92 bits per heavy atom. The predicted molar refractivity (Wildman–Crippen MR) is 86.9 cm³/mol. The van der Waals surface area contributed by atoms with Gasteiger partial charge in [0.1, 0.15) is 12.0 Å². The zero-order chi connectivity index (χ0) is 16.4. The molecule has 4 aromatic rings. The van der Waals surface area contributed by atoms with E-state index in [4.69, 9.17) is 4.42 Å². The summed E-state index contributed by atoms with van der Waals surface area (Å²) in [5.74, 6) is 0.721.